The molecule has 142 valence electrons. The molecule has 5 nitrogen and oxygen atoms in total. The number of carbonyl (C=O) groups is 2. The van der Waals surface area contributed by atoms with Crippen molar-refractivity contribution in [2.24, 2.45) is 0 Å². The molecule has 2 aromatic carbocycles. The zero-order chi connectivity index (χ0) is 19.4. The lowest BCUT2D eigenvalue weighted by Crippen LogP contribution is -2.35. The lowest BCUT2D eigenvalue weighted by Gasteiger charge is -2.22. The van der Waals surface area contributed by atoms with Crippen molar-refractivity contribution in [1.82, 2.24) is 0 Å². The molecule has 1 amide bonds. The Morgan fingerprint density at radius 1 is 1.19 bits per heavy atom. The largest absolute Gasteiger partial charge is 0.452 e. The summed E-state index contributed by atoms with van der Waals surface area (Å²) in [6.45, 7) is 2.37. The number of nitrogens with zero attached hydrogens (tertiary/aromatic N) is 1. The Labute approximate surface area is 165 Å². The summed E-state index contributed by atoms with van der Waals surface area (Å²) in [5, 5.41) is 0.401. The van der Waals surface area contributed by atoms with Crippen LogP contribution < -0.4 is 4.90 Å². The molecular formula is C20H21NO4S2. The molecule has 0 spiro atoms. The molecule has 0 radical (unpaired) electrons. The molecule has 2 aromatic rings. The molecule has 27 heavy (non-hydrogen) atoms. The standard InChI is InChI=1S/C20H21NO4S2/c1-14-11-12-21(16-8-4-5-9-17(16)26-14)19(22)13-25-20(23)15-7-3-6-10-18(15)27(2)24/h3-10,14H,11-13H2,1-2H3/t14-,27+/m0/s1. The zero-order valence-corrected chi connectivity index (χ0v) is 16.8. The minimum atomic E-state index is -1.31. The van der Waals surface area contributed by atoms with Gasteiger partial charge in [0.2, 0.25) is 0 Å². The van der Waals surface area contributed by atoms with Crippen LogP contribution in [0.15, 0.2) is 58.3 Å². The molecule has 0 saturated heterocycles. The van der Waals surface area contributed by atoms with Gasteiger partial charge in [-0.2, -0.15) is 0 Å². The zero-order valence-electron chi connectivity index (χ0n) is 15.2. The molecule has 0 N–H and O–H groups in total. The van der Waals surface area contributed by atoms with E-state index in [1.807, 2.05) is 24.3 Å². The van der Waals surface area contributed by atoms with Gasteiger partial charge >= 0.3 is 5.97 Å². The first-order valence-corrected chi connectivity index (χ1v) is 11.1. The molecule has 7 heteroatoms. The maximum Gasteiger partial charge on any atom is 0.339 e. The smallest absolute Gasteiger partial charge is 0.339 e. The quantitative estimate of drug-likeness (QED) is 0.731. The SMILES string of the molecule is C[C@H]1CCN(C(=O)COC(=O)c2ccccc2[S@@](C)=O)c2ccccc2S1. The highest BCUT2D eigenvalue weighted by atomic mass is 32.2. The molecule has 0 fully saturated rings. The topological polar surface area (TPSA) is 63.7 Å². The van der Waals surface area contributed by atoms with Gasteiger partial charge in [0.1, 0.15) is 0 Å². The van der Waals surface area contributed by atoms with Crippen LogP contribution in [0.1, 0.15) is 23.7 Å². The van der Waals surface area contributed by atoms with E-state index in [9.17, 15) is 13.8 Å². The summed E-state index contributed by atoms with van der Waals surface area (Å²) in [5.41, 5.74) is 1.08. The van der Waals surface area contributed by atoms with Gasteiger partial charge in [-0.15, -0.1) is 11.8 Å². The average Bonchev–Trinajstić information content (AvgIpc) is 2.84. The Bertz CT molecular complexity index is 884. The van der Waals surface area contributed by atoms with Gasteiger partial charge < -0.3 is 9.64 Å². The lowest BCUT2D eigenvalue weighted by atomic mass is 10.2. The third-order valence-electron chi connectivity index (χ3n) is 4.29. The second-order valence-electron chi connectivity index (χ2n) is 6.26. The number of para-hydroxylation sites is 1. The van der Waals surface area contributed by atoms with E-state index in [4.69, 9.17) is 4.74 Å². The number of carbonyl (C=O) groups excluding carboxylic acids is 2. The van der Waals surface area contributed by atoms with Crippen LogP contribution in [0.4, 0.5) is 5.69 Å². The Balaban J connectivity index is 1.73. The van der Waals surface area contributed by atoms with Crippen LogP contribution in [0.5, 0.6) is 0 Å². The third-order valence-corrected chi connectivity index (χ3v) is 6.50. The van der Waals surface area contributed by atoms with E-state index in [1.54, 1.807) is 40.9 Å². The van der Waals surface area contributed by atoms with Crippen molar-refractivity contribution < 1.29 is 18.5 Å². The molecule has 1 aliphatic rings. The predicted molar refractivity (Wildman–Crippen MR) is 108 cm³/mol. The summed E-state index contributed by atoms with van der Waals surface area (Å²) < 4.78 is 17.0. The highest BCUT2D eigenvalue weighted by Gasteiger charge is 2.25. The first-order chi connectivity index (χ1) is 13.0. The number of ether oxygens (including phenoxy) is 1. The number of amides is 1. The number of fused-ring (bicyclic) bond motifs is 1. The molecule has 0 saturated carbocycles. The van der Waals surface area contributed by atoms with Gasteiger partial charge in [0.05, 0.1) is 26.9 Å². The fraction of sp³-hybridized carbons (Fsp3) is 0.300. The average molecular weight is 404 g/mol. The highest BCUT2D eigenvalue weighted by Crippen LogP contribution is 2.37. The number of rotatable bonds is 4. The molecule has 0 unspecified atom stereocenters. The van der Waals surface area contributed by atoms with Gasteiger partial charge in [0.25, 0.3) is 5.91 Å². The van der Waals surface area contributed by atoms with E-state index in [0.717, 1.165) is 17.0 Å². The number of hydrogen-bond donors (Lipinski definition) is 0. The summed E-state index contributed by atoms with van der Waals surface area (Å²) in [5.74, 6) is -0.902. The molecule has 1 aliphatic heterocycles. The van der Waals surface area contributed by atoms with Crippen molar-refractivity contribution in [3.05, 3.63) is 54.1 Å². The van der Waals surface area contributed by atoms with Crippen molar-refractivity contribution in [2.75, 3.05) is 24.3 Å². The van der Waals surface area contributed by atoms with Crippen LogP contribution in [-0.2, 0) is 20.3 Å². The minimum absolute atomic E-state index is 0.228. The predicted octanol–water partition coefficient (Wildman–Crippen LogP) is 3.50. The van der Waals surface area contributed by atoms with Crippen LogP contribution in [0.2, 0.25) is 0 Å². The van der Waals surface area contributed by atoms with Gasteiger partial charge in [-0.3, -0.25) is 9.00 Å². The summed E-state index contributed by atoms with van der Waals surface area (Å²) in [7, 11) is -1.31. The van der Waals surface area contributed by atoms with Crippen molar-refractivity contribution in [1.29, 1.82) is 0 Å². The van der Waals surface area contributed by atoms with Gasteiger partial charge in [0, 0.05) is 22.9 Å². The maximum atomic E-state index is 12.8. The number of thioether (sulfide) groups is 1. The van der Waals surface area contributed by atoms with E-state index in [1.165, 1.54) is 6.26 Å². The lowest BCUT2D eigenvalue weighted by molar-refractivity contribution is -0.121. The first kappa shape index (κ1) is 19.6. The van der Waals surface area contributed by atoms with Crippen molar-refractivity contribution >= 4 is 40.1 Å². The Morgan fingerprint density at radius 3 is 2.67 bits per heavy atom. The van der Waals surface area contributed by atoms with Crippen molar-refractivity contribution in [2.45, 2.75) is 28.4 Å². The van der Waals surface area contributed by atoms with Crippen LogP contribution in [-0.4, -0.2) is 40.7 Å². The third kappa shape index (κ3) is 4.59. The Kier molecular flexibility index (Phi) is 6.34. The summed E-state index contributed by atoms with van der Waals surface area (Å²) in [6.07, 6.45) is 2.36. The summed E-state index contributed by atoms with van der Waals surface area (Å²) in [4.78, 5) is 28.3. The minimum Gasteiger partial charge on any atom is -0.452 e. The van der Waals surface area contributed by atoms with Crippen molar-refractivity contribution in [3.63, 3.8) is 0 Å². The van der Waals surface area contributed by atoms with E-state index in [-0.39, 0.29) is 18.1 Å². The van der Waals surface area contributed by atoms with Crippen molar-refractivity contribution in [3.8, 4) is 0 Å². The molecule has 0 bridgehead atoms. The molecule has 3 rings (SSSR count). The molecule has 0 aliphatic carbocycles. The summed E-state index contributed by atoms with van der Waals surface area (Å²) in [6, 6.07) is 14.3. The number of hydrogen-bond acceptors (Lipinski definition) is 5. The second-order valence-corrected chi connectivity index (χ2v) is 9.09. The maximum absolute atomic E-state index is 12.8. The molecule has 1 heterocycles. The normalized spacial score (nSPS) is 17.6. The van der Waals surface area contributed by atoms with E-state index in [0.29, 0.717) is 16.7 Å². The highest BCUT2D eigenvalue weighted by molar-refractivity contribution is 8.00. The summed E-state index contributed by atoms with van der Waals surface area (Å²) >= 11 is 1.74. The fourth-order valence-electron chi connectivity index (χ4n) is 2.91. The van der Waals surface area contributed by atoms with Crippen LogP contribution in [0, 0.1) is 0 Å². The second kappa shape index (κ2) is 8.71. The van der Waals surface area contributed by atoms with Crippen LogP contribution in [0.3, 0.4) is 0 Å². The van der Waals surface area contributed by atoms with E-state index < -0.39 is 16.8 Å². The number of anilines is 1. The van der Waals surface area contributed by atoms with Gasteiger partial charge in [-0.25, -0.2) is 4.79 Å². The van der Waals surface area contributed by atoms with Gasteiger partial charge in [-0.05, 0) is 30.7 Å². The van der Waals surface area contributed by atoms with Crippen LogP contribution in [0.25, 0.3) is 0 Å². The van der Waals surface area contributed by atoms with Crippen LogP contribution >= 0.6 is 11.8 Å². The fourth-order valence-corrected chi connectivity index (χ4v) is 4.76. The Hall–Kier alpha value is -2.12. The molecule has 0 aromatic heterocycles. The van der Waals surface area contributed by atoms with E-state index >= 15 is 0 Å². The van der Waals surface area contributed by atoms with Gasteiger partial charge in [-0.1, -0.05) is 31.2 Å². The number of benzene rings is 2. The monoisotopic (exact) mass is 403 g/mol. The number of esters is 1. The molecule has 2 atom stereocenters. The first-order valence-electron chi connectivity index (χ1n) is 8.63. The van der Waals surface area contributed by atoms with E-state index in [2.05, 4.69) is 6.92 Å². The molecular weight excluding hydrogens is 382 g/mol. The van der Waals surface area contributed by atoms with Gasteiger partial charge in [0.15, 0.2) is 6.61 Å². The Morgan fingerprint density at radius 2 is 1.89 bits per heavy atom.